The van der Waals surface area contributed by atoms with Gasteiger partial charge >= 0.3 is 5.82 Å². The third kappa shape index (κ3) is 3.31. The summed E-state index contributed by atoms with van der Waals surface area (Å²) < 4.78 is 1.42. The fraction of sp³-hybridized carbons (Fsp3) is 0.250. The van der Waals surface area contributed by atoms with Crippen LogP contribution in [0, 0.1) is 24.0 Å². The van der Waals surface area contributed by atoms with Gasteiger partial charge < -0.3 is 20.3 Å². The van der Waals surface area contributed by atoms with Gasteiger partial charge in [-0.2, -0.15) is 9.38 Å². The largest absolute Gasteiger partial charge is 0.373 e. The van der Waals surface area contributed by atoms with Crippen molar-refractivity contribution in [2.75, 3.05) is 23.8 Å². The summed E-state index contributed by atoms with van der Waals surface area (Å²) in [6.07, 6.45) is 1.60. The van der Waals surface area contributed by atoms with Gasteiger partial charge in [-0.05, 0) is 36.0 Å². The Labute approximate surface area is 147 Å². The van der Waals surface area contributed by atoms with E-state index in [-0.39, 0.29) is 24.1 Å². The predicted octanol–water partition coefficient (Wildman–Crippen LogP) is 3.00. The zero-order chi connectivity index (χ0) is 18.1. The Bertz CT molecular complexity index is 962. The average molecular weight is 359 g/mol. The Morgan fingerprint density at radius 3 is 2.92 bits per heavy atom. The third-order valence-corrected chi connectivity index (χ3v) is 4.56. The predicted molar refractivity (Wildman–Crippen MR) is 97.5 cm³/mol. The number of nitrogens with zero attached hydrogens (tertiary/aromatic N) is 4. The van der Waals surface area contributed by atoms with Gasteiger partial charge in [0.05, 0.1) is 6.54 Å². The topological polar surface area (TPSA) is 92.8 Å². The molecule has 3 aromatic rings. The lowest BCUT2D eigenvalue weighted by atomic mass is 10.1. The number of imidazole rings is 1. The SMILES string of the molecule is Cc1ccc(C)c(NC(=O)CN(C)c2nc3sccn3c2[N+](=O)[O-])c1. The number of likely N-dealkylation sites (N-methyl/N-ethyl adjacent to an activating group) is 1. The number of rotatable bonds is 5. The van der Waals surface area contributed by atoms with Crippen molar-refractivity contribution in [1.82, 2.24) is 9.38 Å². The van der Waals surface area contributed by atoms with Gasteiger partial charge in [0, 0.05) is 18.1 Å². The van der Waals surface area contributed by atoms with Crippen molar-refractivity contribution in [2.24, 2.45) is 0 Å². The molecular formula is C16H17N5O3S. The molecule has 3 rings (SSSR count). The van der Waals surface area contributed by atoms with E-state index in [4.69, 9.17) is 0 Å². The smallest absolute Gasteiger partial charge is 0.358 e. The van der Waals surface area contributed by atoms with E-state index in [1.165, 1.54) is 20.6 Å². The van der Waals surface area contributed by atoms with E-state index in [1.54, 1.807) is 18.6 Å². The number of carbonyl (C=O) groups excluding carboxylic acids is 1. The maximum Gasteiger partial charge on any atom is 0.373 e. The second-order valence-corrected chi connectivity index (χ2v) is 6.67. The number of aryl methyl sites for hydroxylation is 2. The van der Waals surface area contributed by atoms with Crippen LogP contribution >= 0.6 is 11.3 Å². The monoisotopic (exact) mass is 359 g/mol. The molecule has 0 saturated carbocycles. The van der Waals surface area contributed by atoms with Gasteiger partial charge in [0.25, 0.3) is 4.96 Å². The Kier molecular flexibility index (Phi) is 4.41. The molecule has 2 aromatic heterocycles. The normalized spacial score (nSPS) is 10.8. The first-order chi connectivity index (χ1) is 11.9. The van der Waals surface area contributed by atoms with Crippen molar-refractivity contribution < 1.29 is 9.72 Å². The van der Waals surface area contributed by atoms with E-state index < -0.39 is 4.92 Å². The first-order valence-corrected chi connectivity index (χ1v) is 8.43. The number of aromatic nitrogens is 2. The summed E-state index contributed by atoms with van der Waals surface area (Å²) in [4.78, 5) is 29.5. The molecule has 0 aliphatic rings. The molecule has 0 radical (unpaired) electrons. The molecule has 2 heterocycles. The quantitative estimate of drug-likeness (QED) is 0.558. The first-order valence-electron chi connectivity index (χ1n) is 7.55. The molecule has 0 atom stereocenters. The highest BCUT2D eigenvalue weighted by Crippen LogP contribution is 2.30. The fourth-order valence-corrected chi connectivity index (χ4v) is 3.24. The lowest BCUT2D eigenvalue weighted by molar-refractivity contribution is -0.389. The highest BCUT2D eigenvalue weighted by molar-refractivity contribution is 7.15. The third-order valence-electron chi connectivity index (χ3n) is 3.80. The average Bonchev–Trinajstić information content (AvgIpc) is 3.10. The number of hydrogen-bond donors (Lipinski definition) is 1. The van der Waals surface area contributed by atoms with Crippen LogP contribution in [0.25, 0.3) is 4.96 Å². The second kappa shape index (κ2) is 6.52. The molecule has 25 heavy (non-hydrogen) atoms. The lowest BCUT2D eigenvalue weighted by Gasteiger charge is -2.16. The van der Waals surface area contributed by atoms with Gasteiger partial charge in [-0.3, -0.25) is 4.79 Å². The number of anilines is 2. The maximum absolute atomic E-state index is 12.3. The van der Waals surface area contributed by atoms with Crippen LogP contribution in [0.2, 0.25) is 0 Å². The van der Waals surface area contributed by atoms with Crippen molar-refractivity contribution in [3.63, 3.8) is 0 Å². The molecule has 9 heteroatoms. The number of thiazole rings is 1. The van der Waals surface area contributed by atoms with Gasteiger partial charge in [0.1, 0.15) is 6.20 Å². The number of hydrogen-bond acceptors (Lipinski definition) is 6. The van der Waals surface area contributed by atoms with E-state index in [0.29, 0.717) is 4.96 Å². The minimum Gasteiger partial charge on any atom is -0.358 e. The number of fused-ring (bicyclic) bond motifs is 1. The van der Waals surface area contributed by atoms with E-state index in [9.17, 15) is 14.9 Å². The maximum atomic E-state index is 12.3. The second-order valence-electron chi connectivity index (χ2n) is 5.79. The van der Waals surface area contributed by atoms with Crippen LogP contribution in [0.3, 0.4) is 0 Å². The van der Waals surface area contributed by atoms with Gasteiger partial charge in [-0.25, -0.2) is 0 Å². The molecule has 0 aliphatic carbocycles. The standard InChI is InChI=1S/C16H17N5O3S/c1-10-4-5-11(2)12(8-10)17-13(22)9-19(3)14-15(21(23)24)20-6-7-25-16(20)18-14/h4-8H,9H2,1-3H3,(H,17,22). The van der Waals surface area contributed by atoms with E-state index in [2.05, 4.69) is 10.3 Å². The highest BCUT2D eigenvalue weighted by Gasteiger charge is 2.27. The molecule has 0 spiro atoms. The van der Waals surface area contributed by atoms with Crippen molar-refractivity contribution in [3.05, 3.63) is 51.0 Å². The molecular weight excluding hydrogens is 342 g/mol. The van der Waals surface area contributed by atoms with Crippen LogP contribution in [0.5, 0.6) is 0 Å². The number of nitro groups is 1. The summed E-state index contributed by atoms with van der Waals surface area (Å²) >= 11 is 1.30. The Morgan fingerprint density at radius 2 is 2.20 bits per heavy atom. The van der Waals surface area contributed by atoms with Gasteiger partial charge in [-0.15, -0.1) is 0 Å². The fourth-order valence-electron chi connectivity index (χ4n) is 2.54. The number of benzene rings is 1. The van der Waals surface area contributed by atoms with Crippen molar-refractivity contribution in [2.45, 2.75) is 13.8 Å². The highest BCUT2D eigenvalue weighted by atomic mass is 32.1. The van der Waals surface area contributed by atoms with Gasteiger partial charge in [0.15, 0.2) is 0 Å². The lowest BCUT2D eigenvalue weighted by Crippen LogP contribution is -2.31. The molecule has 0 unspecified atom stereocenters. The van der Waals surface area contributed by atoms with Crippen LogP contribution in [-0.4, -0.2) is 33.8 Å². The number of carbonyl (C=O) groups is 1. The Hall–Kier alpha value is -2.94. The van der Waals surface area contributed by atoms with Gasteiger partial charge in [0.2, 0.25) is 11.7 Å². The summed E-state index contributed by atoms with van der Waals surface area (Å²) in [6, 6.07) is 5.80. The van der Waals surface area contributed by atoms with Crippen molar-refractivity contribution in [1.29, 1.82) is 0 Å². The van der Waals surface area contributed by atoms with E-state index in [1.807, 2.05) is 32.0 Å². The molecule has 0 bridgehead atoms. The van der Waals surface area contributed by atoms with Crippen LogP contribution < -0.4 is 10.2 Å². The molecule has 0 aliphatic heterocycles. The summed E-state index contributed by atoms with van der Waals surface area (Å²) in [5.41, 5.74) is 2.73. The Morgan fingerprint density at radius 1 is 1.44 bits per heavy atom. The zero-order valence-corrected chi connectivity index (χ0v) is 14.8. The molecule has 1 N–H and O–H groups in total. The minimum absolute atomic E-state index is 0.0426. The summed E-state index contributed by atoms with van der Waals surface area (Å²) in [6.45, 7) is 3.81. The molecule has 8 nitrogen and oxygen atoms in total. The molecule has 0 saturated heterocycles. The molecule has 1 amide bonds. The van der Waals surface area contributed by atoms with Crippen molar-refractivity contribution in [3.8, 4) is 0 Å². The summed E-state index contributed by atoms with van der Waals surface area (Å²) in [5.74, 6) is -0.229. The Balaban J connectivity index is 1.80. The summed E-state index contributed by atoms with van der Waals surface area (Å²) in [7, 11) is 1.61. The van der Waals surface area contributed by atoms with Crippen molar-refractivity contribution >= 4 is 39.5 Å². The first kappa shape index (κ1) is 16.9. The van der Waals surface area contributed by atoms with Gasteiger partial charge in [-0.1, -0.05) is 23.5 Å². The minimum atomic E-state index is -0.485. The van der Waals surface area contributed by atoms with E-state index >= 15 is 0 Å². The zero-order valence-electron chi connectivity index (χ0n) is 14.0. The van der Waals surface area contributed by atoms with Crippen LogP contribution in [0.4, 0.5) is 17.3 Å². The number of nitrogens with one attached hydrogen (secondary N) is 1. The molecule has 0 fully saturated rings. The van der Waals surface area contributed by atoms with Crippen LogP contribution in [-0.2, 0) is 4.79 Å². The molecule has 1 aromatic carbocycles. The molecule has 130 valence electrons. The van der Waals surface area contributed by atoms with E-state index in [0.717, 1.165) is 16.8 Å². The summed E-state index contributed by atoms with van der Waals surface area (Å²) in [5, 5.41) is 16.0. The van der Waals surface area contributed by atoms with Crippen LogP contribution in [0.15, 0.2) is 29.8 Å². The van der Waals surface area contributed by atoms with Crippen LogP contribution in [0.1, 0.15) is 11.1 Å². The number of amides is 1.